The molecule has 0 aromatic heterocycles. The summed E-state index contributed by atoms with van der Waals surface area (Å²) in [5, 5.41) is 16.8. The van der Waals surface area contributed by atoms with E-state index in [2.05, 4.69) is 10.5 Å². The molecule has 0 radical (unpaired) electrons. The lowest BCUT2D eigenvalue weighted by Crippen LogP contribution is -2.54. The monoisotopic (exact) mass is 576 g/mol. The van der Waals surface area contributed by atoms with Gasteiger partial charge in [0, 0.05) is 28.8 Å². The van der Waals surface area contributed by atoms with Crippen LogP contribution in [0.2, 0.25) is 5.02 Å². The molecule has 4 aromatic rings. The van der Waals surface area contributed by atoms with Gasteiger partial charge in [-0.1, -0.05) is 72.3 Å². The Morgan fingerprint density at radius 1 is 0.881 bits per heavy atom. The normalized spacial score (nSPS) is 23.5. The van der Waals surface area contributed by atoms with Gasteiger partial charge in [0.05, 0.1) is 22.2 Å². The molecule has 4 aliphatic rings. The van der Waals surface area contributed by atoms with Gasteiger partial charge in [-0.2, -0.15) is 5.10 Å². The molecule has 206 valence electrons. The average Bonchev–Trinajstić information content (AvgIpc) is 3.28. The van der Waals surface area contributed by atoms with Crippen molar-refractivity contribution in [3.63, 3.8) is 0 Å². The van der Waals surface area contributed by atoms with E-state index in [0.29, 0.717) is 10.6 Å². The van der Waals surface area contributed by atoms with Crippen molar-refractivity contribution in [3.8, 4) is 0 Å². The number of nitro groups is 1. The SMILES string of the molecule is O=C(N/N=C\C12c3ccccc3C(c3ccccc31)[C@H]1C(=O)N(c3ccccc3[N+](=O)[O-])C(=O)[C@H]12)c1ccc(Cl)cc1. The molecule has 1 aliphatic heterocycles. The van der Waals surface area contributed by atoms with E-state index in [4.69, 9.17) is 11.6 Å². The summed E-state index contributed by atoms with van der Waals surface area (Å²) in [5.74, 6) is -3.75. The Kier molecular flexibility index (Phi) is 5.81. The summed E-state index contributed by atoms with van der Waals surface area (Å²) in [5.41, 5.74) is 4.61. The smallest absolute Gasteiger partial charge is 0.274 e. The van der Waals surface area contributed by atoms with Gasteiger partial charge in [-0.25, -0.2) is 10.3 Å². The number of carbonyl (C=O) groups excluding carboxylic acids is 3. The van der Waals surface area contributed by atoms with Crippen molar-refractivity contribution in [2.75, 3.05) is 4.90 Å². The first-order valence-corrected chi connectivity index (χ1v) is 13.6. The third-order valence-corrected chi connectivity index (χ3v) is 8.80. The number of hydrogen-bond acceptors (Lipinski definition) is 6. The molecule has 1 heterocycles. The number of nitrogens with one attached hydrogen (secondary N) is 1. The quantitative estimate of drug-likeness (QED) is 0.151. The number of halogens is 1. The Morgan fingerprint density at radius 3 is 2.12 bits per heavy atom. The van der Waals surface area contributed by atoms with Crippen LogP contribution in [0.25, 0.3) is 0 Å². The van der Waals surface area contributed by atoms with Crippen molar-refractivity contribution in [2.24, 2.45) is 16.9 Å². The van der Waals surface area contributed by atoms with Crippen LogP contribution < -0.4 is 10.3 Å². The van der Waals surface area contributed by atoms with Crippen LogP contribution in [0.15, 0.2) is 102 Å². The number of carbonyl (C=O) groups is 3. The minimum Gasteiger partial charge on any atom is -0.274 e. The number of imide groups is 1. The Labute approximate surface area is 244 Å². The first kappa shape index (κ1) is 25.8. The van der Waals surface area contributed by atoms with Crippen molar-refractivity contribution in [1.29, 1.82) is 0 Å². The Balaban J connectivity index is 1.41. The van der Waals surface area contributed by atoms with Crippen LogP contribution in [0.1, 0.15) is 38.5 Å². The third-order valence-electron chi connectivity index (χ3n) is 8.54. The van der Waals surface area contributed by atoms with Gasteiger partial charge in [0.15, 0.2) is 0 Å². The molecule has 0 unspecified atom stereocenters. The summed E-state index contributed by atoms with van der Waals surface area (Å²) in [4.78, 5) is 53.8. The van der Waals surface area contributed by atoms with Gasteiger partial charge in [-0.3, -0.25) is 24.5 Å². The van der Waals surface area contributed by atoms with Gasteiger partial charge in [0.2, 0.25) is 11.8 Å². The fourth-order valence-electron chi connectivity index (χ4n) is 6.95. The maximum atomic E-state index is 14.4. The van der Waals surface area contributed by atoms with E-state index in [1.807, 2.05) is 48.5 Å². The molecule has 1 fully saturated rings. The van der Waals surface area contributed by atoms with Gasteiger partial charge in [-0.15, -0.1) is 0 Å². The number of hydrazone groups is 1. The van der Waals surface area contributed by atoms with Gasteiger partial charge in [0.25, 0.3) is 11.6 Å². The zero-order valence-corrected chi connectivity index (χ0v) is 22.6. The maximum Gasteiger partial charge on any atom is 0.293 e. The lowest BCUT2D eigenvalue weighted by atomic mass is 9.47. The first-order valence-electron chi connectivity index (χ1n) is 13.2. The molecule has 10 heteroatoms. The number of benzene rings is 4. The predicted molar refractivity (Wildman–Crippen MR) is 155 cm³/mol. The standard InChI is InChI=1S/C32H21ClN4O5/c33-19-15-13-18(14-16-19)29(38)35-34-17-32-22-9-3-1-7-20(22)26(21-8-2-4-10-23(21)32)27-28(32)31(40)36(30(27)39)24-11-5-6-12-25(24)37(41)42/h1-17,26-28H,(H,35,38)/b34-17-/t26?,27-,28+,32?/m1/s1. The number of amides is 3. The Hall–Kier alpha value is -5.15. The summed E-state index contributed by atoms with van der Waals surface area (Å²) in [6, 6.07) is 27.3. The van der Waals surface area contributed by atoms with Gasteiger partial charge >= 0.3 is 0 Å². The van der Waals surface area contributed by atoms with E-state index < -0.39 is 45.8 Å². The molecule has 8 rings (SSSR count). The van der Waals surface area contributed by atoms with Crippen LogP contribution >= 0.6 is 11.6 Å². The van der Waals surface area contributed by atoms with Crippen LogP contribution in [0, 0.1) is 22.0 Å². The number of hydrogen-bond donors (Lipinski definition) is 1. The fourth-order valence-corrected chi connectivity index (χ4v) is 7.08. The molecular formula is C32H21ClN4O5. The van der Waals surface area contributed by atoms with E-state index in [1.54, 1.807) is 36.5 Å². The average molecular weight is 577 g/mol. The van der Waals surface area contributed by atoms with E-state index >= 15 is 0 Å². The number of nitrogens with zero attached hydrogens (tertiary/aromatic N) is 3. The van der Waals surface area contributed by atoms with Crippen molar-refractivity contribution >= 4 is 46.9 Å². The van der Waals surface area contributed by atoms with Crippen molar-refractivity contribution in [2.45, 2.75) is 11.3 Å². The van der Waals surface area contributed by atoms with E-state index in [-0.39, 0.29) is 11.4 Å². The summed E-state index contributed by atoms with van der Waals surface area (Å²) >= 11 is 5.96. The minimum atomic E-state index is -1.23. The number of nitro benzene ring substituents is 1. The van der Waals surface area contributed by atoms with Crippen LogP contribution in [0.3, 0.4) is 0 Å². The highest BCUT2D eigenvalue weighted by atomic mass is 35.5. The predicted octanol–water partition coefficient (Wildman–Crippen LogP) is 5.21. The second-order valence-corrected chi connectivity index (χ2v) is 10.9. The Bertz CT molecular complexity index is 1810. The molecule has 1 N–H and O–H groups in total. The molecule has 42 heavy (non-hydrogen) atoms. The second-order valence-electron chi connectivity index (χ2n) is 10.5. The van der Waals surface area contributed by atoms with E-state index in [9.17, 15) is 24.5 Å². The molecule has 0 saturated carbocycles. The molecule has 4 aromatic carbocycles. The van der Waals surface area contributed by atoms with Crippen LogP contribution in [-0.2, 0) is 15.0 Å². The molecule has 2 bridgehead atoms. The number of anilines is 1. The van der Waals surface area contributed by atoms with Crippen molar-refractivity contribution in [1.82, 2.24) is 5.43 Å². The zero-order valence-electron chi connectivity index (χ0n) is 21.8. The highest BCUT2D eigenvalue weighted by Crippen LogP contribution is 2.63. The zero-order chi connectivity index (χ0) is 29.2. The lowest BCUT2D eigenvalue weighted by molar-refractivity contribution is -0.384. The minimum absolute atomic E-state index is 0.0671. The molecule has 2 atom stereocenters. The fraction of sp³-hybridized carbons (Fsp3) is 0.125. The number of rotatable bonds is 5. The van der Waals surface area contributed by atoms with Gasteiger partial charge < -0.3 is 0 Å². The summed E-state index contributed by atoms with van der Waals surface area (Å²) in [6.07, 6.45) is 1.54. The van der Waals surface area contributed by atoms with Crippen LogP contribution in [0.4, 0.5) is 11.4 Å². The molecule has 9 nitrogen and oxygen atoms in total. The topological polar surface area (TPSA) is 122 Å². The summed E-state index contributed by atoms with van der Waals surface area (Å²) < 4.78 is 0. The first-order chi connectivity index (χ1) is 20.3. The van der Waals surface area contributed by atoms with Crippen molar-refractivity contribution < 1.29 is 19.3 Å². The lowest BCUT2D eigenvalue weighted by Gasteiger charge is -2.52. The maximum absolute atomic E-state index is 14.4. The van der Waals surface area contributed by atoms with Gasteiger partial charge in [0.1, 0.15) is 5.69 Å². The summed E-state index contributed by atoms with van der Waals surface area (Å²) in [6.45, 7) is 0. The van der Waals surface area contributed by atoms with Crippen LogP contribution in [0.5, 0.6) is 0 Å². The molecule has 3 aliphatic carbocycles. The Morgan fingerprint density at radius 2 is 1.48 bits per heavy atom. The third kappa shape index (κ3) is 3.50. The van der Waals surface area contributed by atoms with Gasteiger partial charge in [-0.05, 0) is 52.6 Å². The number of para-hydroxylation sites is 2. The molecule has 0 spiro atoms. The highest BCUT2D eigenvalue weighted by molar-refractivity contribution is 6.30. The van der Waals surface area contributed by atoms with E-state index in [1.165, 1.54) is 18.2 Å². The highest BCUT2D eigenvalue weighted by Gasteiger charge is 2.68. The van der Waals surface area contributed by atoms with Crippen molar-refractivity contribution in [3.05, 3.63) is 140 Å². The largest absolute Gasteiger partial charge is 0.293 e. The van der Waals surface area contributed by atoms with E-state index in [0.717, 1.165) is 27.2 Å². The molecule has 1 saturated heterocycles. The second kappa shape index (κ2) is 9.46. The molecular weight excluding hydrogens is 556 g/mol. The van der Waals surface area contributed by atoms with Crippen LogP contribution in [-0.4, -0.2) is 28.9 Å². The molecule has 3 amide bonds. The summed E-state index contributed by atoms with van der Waals surface area (Å²) in [7, 11) is 0.